The van der Waals surface area contributed by atoms with Gasteiger partial charge in [-0.2, -0.15) is 0 Å². The SMILES string of the molecule is CCN(CC)C(=O)C(C)NCC1CCC1. The highest BCUT2D eigenvalue weighted by atomic mass is 16.2. The van der Waals surface area contributed by atoms with Crippen molar-refractivity contribution in [1.82, 2.24) is 10.2 Å². The zero-order valence-electron chi connectivity index (χ0n) is 10.3. The summed E-state index contributed by atoms with van der Waals surface area (Å²) < 4.78 is 0. The molecule has 0 heterocycles. The molecule has 3 nitrogen and oxygen atoms in total. The third-order valence-electron chi connectivity index (χ3n) is 3.38. The fourth-order valence-electron chi connectivity index (χ4n) is 1.94. The van der Waals surface area contributed by atoms with Crippen LogP contribution in [0, 0.1) is 5.92 Å². The Balaban J connectivity index is 2.24. The lowest BCUT2D eigenvalue weighted by Gasteiger charge is -2.29. The fraction of sp³-hybridized carbons (Fsp3) is 0.917. The molecule has 0 aliphatic heterocycles. The highest BCUT2D eigenvalue weighted by molar-refractivity contribution is 5.81. The minimum atomic E-state index is -0.0227. The summed E-state index contributed by atoms with van der Waals surface area (Å²) in [6.45, 7) is 8.66. The molecule has 1 aliphatic rings. The molecule has 1 N–H and O–H groups in total. The van der Waals surface area contributed by atoms with Crippen molar-refractivity contribution in [1.29, 1.82) is 0 Å². The molecule has 1 fully saturated rings. The van der Waals surface area contributed by atoms with Gasteiger partial charge in [0.2, 0.25) is 5.91 Å². The lowest BCUT2D eigenvalue weighted by atomic mass is 9.85. The van der Waals surface area contributed by atoms with Crippen molar-refractivity contribution in [3.63, 3.8) is 0 Å². The molecule has 0 bridgehead atoms. The molecule has 0 aromatic heterocycles. The van der Waals surface area contributed by atoms with Crippen molar-refractivity contribution in [3.8, 4) is 0 Å². The van der Waals surface area contributed by atoms with Crippen molar-refractivity contribution in [2.75, 3.05) is 19.6 Å². The van der Waals surface area contributed by atoms with E-state index in [2.05, 4.69) is 5.32 Å². The summed E-state index contributed by atoms with van der Waals surface area (Å²) in [5.41, 5.74) is 0. The van der Waals surface area contributed by atoms with Gasteiger partial charge in [0.25, 0.3) is 0 Å². The van der Waals surface area contributed by atoms with Crippen LogP contribution >= 0.6 is 0 Å². The fourth-order valence-corrected chi connectivity index (χ4v) is 1.94. The van der Waals surface area contributed by atoms with Crippen LogP contribution < -0.4 is 5.32 Å². The van der Waals surface area contributed by atoms with Gasteiger partial charge in [-0.25, -0.2) is 0 Å². The normalized spacial score (nSPS) is 18.3. The number of hydrogen-bond acceptors (Lipinski definition) is 2. The smallest absolute Gasteiger partial charge is 0.239 e. The number of carbonyl (C=O) groups excluding carboxylic acids is 1. The standard InChI is InChI=1S/C12H24N2O/c1-4-14(5-2)12(15)10(3)13-9-11-7-6-8-11/h10-11,13H,4-9H2,1-3H3. The maximum Gasteiger partial charge on any atom is 0.239 e. The average molecular weight is 212 g/mol. The first-order valence-corrected chi connectivity index (χ1v) is 6.21. The van der Waals surface area contributed by atoms with Crippen LogP contribution in [-0.2, 0) is 4.79 Å². The molecule has 0 spiro atoms. The van der Waals surface area contributed by atoms with Crippen molar-refractivity contribution in [2.24, 2.45) is 5.92 Å². The van der Waals surface area contributed by atoms with Crippen LogP contribution in [0.3, 0.4) is 0 Å². The quantitative estimate of drug-likeness (QED) is 0.726. The van der Waals surface area contributed by atoms with E-state index in [1.807, 2.05) is 25.7 Å². The number of nitrogens with one attached hydrogen (secondary N) is 1. The molecular formula is C12H24N2O. The number of nitrogens with zero attached hydrogens (tertiary/aromatic N) is 1. The zero-order chi connectivity index (χ0) is 11.3. The van der Waals surface area contributed by atoms with Crippen molar-refractivity contribution >= 4 is 5.91 Å². The molecule has 88 valence electrons. The molecule has 1 rings (SSSR count). The van der Waals surface area contributed by atoms with E-state index in [9.17, 15) is 4.79 Å². The van der Waals surface area contributed by atoms with E-state index in [0.29, 0.717) is 0 Å². The third kappa shape index (κ3) is 3.49. The highest BCUT2D eigenvalue weighted by Crippen LogP contribution is 2.25. The first kappa shape index (κ1) is 12.5. The van der Waals surface area contributed by atoms with E-state index in [1.54, 1.807) is 0 Å². The van der Waals surface area contributed by atoms with Crippen LogP contribution in [0.1, 0.15) is 40.0 Å². The van der Waals surface area contributed by atoms with Gasteiger partial charge in [0.15, 0.2) is 0 Å². The van der Waals surface area contributed by atoms with Crippen LogP contribution in [0.25, 0.3) is 0 Å². The molecule has 3 heteroatoms. The molecule has 0 radical (unpaired) electrons. The number of rotatable bonds is 6. The Hall–Kier alpha value is -0.570. The van der Waals surface area contributed by atoms with Gasteiger partial charge in [0, 0.05) is 13.1 Å². The van der Waals surface area contributed by atoms with Crippen LogP contribution in [0.4, 0.5) is 0 Å². The molecule has 15 heavy (non-hydrogen) atoms. The van der Waals surface area contributed by atoms with Gasteiger partial charge in [-0.15, -0.1) is 0 Å². The Morgan fingerprint density at radius 2 is 2.00 bits per heavy atom. The summed E-state index contributed by atoms with van der Waals surface area (Å²) >= 11 is 0. The Labute approximate surface area is 93.2 Å². The summed E-state index contributed by atoms with van der Waals surface area (Å²) in [6.07, 6.45) is 4.03. The van der Waals surface area contributed by atoms with E-state index in [-0.39, 0.29) is 11.9 Å². The van der Waals surface area contributed by atoms with E-state index in [0.717, 1.165) is 25.6 Å². The van der Waals surface area contributed by atoms with Gasteiger partial charge in [0.05, 0.1) is 6.04 Å². The third-order valence-corrected chi connectivity index (χ3v) is 3.38. The molecule has 1 atom stereocenters. The van der Waals surface area contributed by atoms with Gasteiger partial charge >= 0.3 is 0 Å². The van der Waals surface area contributed by atoms with Crippen LogP contribution in [0.5, 0.6) is 0 Å². The highest BCUT2D eigenvalue weighted by Gasteiger charge is 2.21. The molecule has 1 aliphatic carbocycles. The first-order valence-electron chi connectivity index (χ1n) is 6.21. The summed E-state index contributed by atoms with van der Waals surface area (Å²) in [7, 11) is 0. The van der Waals surface area contributed by atoms with Crippen LogP contribution in [0.15, 0.2) is 0 Å². The van der Waals surface area contributed by atoms with E-state index in [1.165, 1.54) is 19.3 Å². The summed E-state index contributed by atoms with van der Waals surface area (Å²) in [6, 6.07) is -0.0227. The van der Waals surface area contributed by atoms with Gasteiger partial charge in [0.1, 0.15) is 0 Å². The molecule has 1 amide bonds. The minimum absolute atomic E-state index is 0.0227. The first-order chi connectivity index (χ1) is 7.19. The average Bonchev–Trinajstić information content (AvgIpc) is 2.16. The van der Waals surface area contributed by atoms with Crippen LogP contribution in [-0.4, -0.2) is 36.5 Å². The summed E-state index contributed by atoms with van der Waals surface area (Å²) in [4.78, 5) is 13.8. The second-order valence-corrected chi connectivity index (χ2v) is 4.44. The van der Waals surface area contributed by atoms with E-state index < -0.39 is 0 Å². The molecule has 0 aromatic carbocycles. The minimum Gasteiger partial charge on any atom is -0.342 e. The largest absolute Gasteiger partial charge is 0.342 e. The second-order valence-electron chi connectivity index (χ2n) is 4.44. The van der Waals surface area contributed by atoms with Gasteiger partial charge < -0.3 is 10.2 Å². The Kier molecular flexibility index (Phi) is 5.09. The lowest BCUT2D eigenvalue weighted by Crippen LogP contribution is -2.46. The van der Waals surface area contributed by atoms with Crippen molar-refractivity contribution in [3.05, 3.63) is 0 Å². The molecule has 1 saturated carbocycles. The predicted octanol–water partition coefficient (Wildman–Crippen LogP) is 1.63. The van der Waals surface area contributed by atoms with Gasteiger partial charge in [-0.05, 0) is 46.1 Å². The molecular weight excluding hydrogens is 188 g/mol. The Morgan fingerprint density at radius 3 is 2.40 bits per heavy atom. The maximum atomic E-state index is 11.9. The van der Waals surface area contributed by atoms with E-state index in [4.69, 9.17) is 0 Å². The van der Waals surface area contributed by atoms with Crippen molar-refractivity contribution < 1.29 is 4.79 Å². The van der Waals surface area contributed by atoms with Crippen LogP contribution in [0.2, 0.25) is 0 Å². The van der Waals surface area contributed by atoms with E-state index >= 15 is 0 Å². The topological polar surface area (TPSA) is 32.3 Å². The number of likely N-dealkylation sites (N-methyl/N-ethyl adjacent to an activating group) is 1. The zero-order valence-corrected chi connectivity index (χ0v) is 10.3. The van der Waals surface area contributed by atoms with Gasteiger partial charge in [-0.3, -0.25) is 4.79 Å². The number of amides is 1. The Bertz CT molecular complexity index is 198. The monoisotopic (exact) mass is 212 g/mol. The Morgan fingerprint density at radius 1 is 1.40 bits per heavy atom. The summed E-state index contributed by atoms with van der Waals surface area (Å²) in [5, 5.41) is 3.34. The van der Waals surface area contributed by atoms with Crippen molar-refractivity contribution in [2.45, 2.75) is 46.1 Å². The molecule has 0 aromatic rings. The molecule has 1 unspecified atom stereocenters. The maximum absolute atomic E-state index is 11.9. The second kappa shape index (κ2) is 6.11. The van der Waals surface area contributed by atoms with Gasteiger partial charge in [-0.1, -0.05) is 6.42 Å². The molecule has 0 saturated heterocycles. The lowest BCUT2D eigenvalue weighted by molar-refractivity contribution is -0.132. The number of carbonyl (C=O) groups is 1. The summed E-state index contributed by atoms with van der Waals surface area (Å²) in [5.74, 6) is 1.05. The predicted molar refractivity (Wildman–Crippen MR) is 62.7 cm³/mol. The number of hydrogen-bond donors (Lipinski definition) is 1.